The molecule has 2 aromatic heterocycles. The fourth-order valence-electron chi connectivity index (χ4n) is 2.31. The summed E-state index contributed by atoms with van der Waals surface area (Å²) < 4.78 is 52.4. The first-order valence-corrected chi connectivity index (χ1v) is 7.76. The Morgan fingerprint density at radius 3 is 2.61 bits per heavy atom. The summed E-state index contributed by atoms with van der Waals surface area (Å²) in [6.07, 6.45) is -2.28. The van der Waals surface area contributed by atoms with Gasteiger partial charge in [0.15, 0.2) is 5.82 Å². The first-order chi connectivity index (χ1) is 13.3. The lowest BCUT2D eigenvalue weighted by Gasteiger charge is -2.11. The number of aromatic nitrogens is 4. The summed E-state index contributed by atoms with van der Waals surface area (Å²) in [4.78, 5) is 19.7. The van der Waals surface area contributed by atoms with Crippen LogP contribution in [-0.4, -0.2) is 39.2 Å². The number of hydrogen-bond acceptors (Lipinski definition) is 7. The number of halogens is 3. The maximum absolute atomic E-state index is 12.3. The van der Waals surface area contributed by atoms with Crippen molar-refractivity contribution in [1.29, 1.82) is 0 Å². The Balaban J connectivity index is 1.84. The summed E-state index contributed by atoms with van der Waals surface area (Å²) in [6, 6.07) is 6.42. The number of methoxy groups -OCH3 is 1. The zero-order chi connectivity index (χ0) is 20.3. The Labute approximate surface area is 156 Å². The van der Waals surface area contributed by atoms with Gasteiger partial charge < -0.3 is 14.2 Å². The summed E-state index contributed by atoms with van der Waals surface area (Å²) in [5, 5.41) is 4.08. The van der Waals surface area contributed by atoms with Crippen LogP contribution in [0.4, 0.5) is 13.2 Å². The van der Waals surface area contributed by atoms with E-state index in [1.807, 2.05) is 0 Å². The van der Waals surface area contributed by atoms with Gasteiger partial charge in [0.1, 0.15) is 23.4 Å². The molecule has 1 aromatic carbocycles. The lowest BCUT2D eigenvalue weighted by atomic mass is 10.3. The van der Waals surface area contributed by atoms with Gasteiger partial charge in [-0.3, -0.25) is 0 Å². The molecule has 0 saturated carbocycles. The molecular weight excluding hydrogens is 381 g/mol. The second-order valence-corrected chi connectivity index (χ2v) is 5.39. The topological polar surface area (TPSA) is 88.4 Å². The van der Waals surface area contributed by atoms with Gasteiger partial charge in [0.25, 0.3) is 0 Å². The number of nitrogens with zero attached hydrogens (tertiary/aromatic N) is 4. The Hall–Kier alpha value is -3.63. The third-order valence-corrected chi connectivity index (χ3v) is 3.52. The van der Waals surface area contributed by atoms with Crippen molar-refractivity contribution in [1.82, 2.24) is 19.7 Å². The van der Waals surface area contributed by atoms with Crippen molar-refractivity contribution in [2.24, 2.45) is 0 Å². The van der Waals surface area contributed by atoms with Crippen molar-refractivity contribution in [2.75, 3.05) is 7.11 Å². The average Bonchev–Trinajstić information content (AvgIpc) is 3.01. The Morgan fingerprint density at radius 2 is 1.89 bits per heavy atom. The molecule has 0 bridgehead atoms. The highest BCUT2D eigenvalue weighted by molar-refractivity contribution is 5.90. The van der Waals surface area contributed by atoms with Crippen molar-refractivity contribution in [3.05, 3.63) is 54.1 Å². The maximum Gasteiger partial charge on any atom is 0.573 e. The van der Waals surface area contributed by atoms with Crippen molar-refractivity contribution in [3.8, 4) is 23.2 Å². The minimum Gasteiger partial charge on any atom is -0.465 e. The molecule has 0 radical (unpaired) electrons. The second-order valence-electron chi connectivity index (χ2n) is 5.39. The van der Waals surface area contributed by atoms with Gasteiger partial charge in [0, 0.05) is 12.1 Å². The average molecular weight is 394 g/mol. The minimum absolute atomic E-state index is 0.0590. The molecule has 0 amide bonds. The van der Waals surface area contributed by atoms with Crippen LogP contribution in [-0.2, 0) is 4.74 Å². The molecular formula is C17H13F3N4O4. The Kier molecular flexibility index (Phi) is 5.16. The monoisotopic (exact) mass is 394 g/mol. The van der Waals surface area contributed by atoms with Crippen LogP contribution in [0.15, 0.2) is 42.9 Å². The van der Waals surface area contributed by atoms with Crippen molar-refractivity contribution in [3.63, 3.8) is 0 Å². The molecule has 3 rings (SSSR count). The van der Waals surface area contributed by atoms with Crippen molar-refractivity contribution in [2.45, 2.75) is 13.3 Å². The number of hydrogen-bond donors (Lipinski definition) is 0. The van der Waals surface area contributed by atoms with E-state index in [1.165, 1.54) is 42.5 Å². The summed E-state index contributed by atoms with van der Waals surface area (Å²) >= 11 is 0. The van der Waals surface area contributed by atoms with E-state index < -0.39 is 18.1 Å². The molecule has 0 aliphatic rings. The summed E-state index contributed by atoms with van der Waals surface area (Å²) in [5.74, 6) is -0.538. The van der Waals surface area contributed by atoms with Gasteiger partial charge in [-0.2, -0.15) is 5.10 Å². The number of carbonyl (C=O) groups excluding carboxylic acids is 1. The first kappa shape index (κ1) is 19.1. The SMILES string of the molecule is COC(=O)c1cnn(-c2cc(Oc3cccc(OC(F)(F)F)c3)ncn2)c1C. The predicted molar refractivity (Wildman–Crippen MR) is 88.4 cm³/mol. The summed E-state index contributed by atoms with van der Waals surface area (Å²) in [6.45, 7) is 1.65. The van der Waals surface area contributed by atoms with Crippen LogP contribution < -0.4 is 9.47 Å². The number of benzene rings is 1. The predicted octanol–water partition coefficient (Wildman–Crippen LogP) is 3.45. The highest BCUT2D eigenvalue weighted by atomic mass is 19.4. The molecule has 0 saturated heterocycles. The molecule has 0 aliphatic heterocycles. The van der Waals surface area contributed by atoms with E-state index in [1.54, 1.807) is 6.92 Å². The largest absolute Gasteiger partial charge is 0.573 e. The van der Waals surface area contributed by atoms with Crippen LogP contribution in [0.2, 0.25) is 0 Å². The molecule has 3 aromatic rings. The third-order valence-electron chi connectivity index (χ3n) is 3.52. The van der Waals surface area contributed by atoms with Crippen LogP contribution in [0.5, 0.6) is 17.4 Å². The molecule has 0 aliphatic carbocycles. The smallest absolute Gasteiger partial charge is 0.465 e. The van der Waals surface area contributed by atoms with Gasteiger partial charge in [0.05, 0.1) is 19.0 Å². The molecule has 0 spiro atoms. The van der Waals surface area contributed by atoms with E-state index in [2.05, 4.69) is 24.5 Å². The van der Waals surface area contributed by atoms with Gasteiger partial charge >= 0.3 is 12.3 Å². The number of carbonyl (C=O) groups is 1. The highest BCUT2D eigenvalue weighted by Gasteiger charge is 2.31. The fraction of sp³-hybridized carbons (Fsp3) is 0.176. The molecule has 0 N–H and O–H groups in total. The lowest BCUT2D eigenvalue weighted by Crippen LogP contribution is -2.17. The zero-order valence-electron chi connectivity index (χ0n) is 14.6. The van der Waals surface area contributed by atoms with Crippen LogP contribution in [0.25, 0.3) is 5.82 Å². The maximum atomic E-state index is 12.3. The first-order valence-electron chi connectivity index (χ1n) is 7.76. The van der Waals surface area contributed by atoms with Crippen LogP contribution in [0.3, 0.4) is 0 Å². The fourth-order valence-corrected chi connectivity index (χ4v) is 2.31. The van der Waals surface area contributed by atoms with E-state index in [-0.39, 0.29) is 17.2 Å². The molecule has 146 valence electrons. The van der Waals surface area contributed by atoms with E-state index in [4.69, 9.17) is 4.74 Å². The van der Waals surface area contributed by atoms with Crippen molar-refractivity contribution >= 4 is 5.97 Å². The Morgan fingerprint density at radius 1 is 1.14 bits per heavy atom. The summed E-state index contributed by atoms with van der Waals surface area (Å²) in [5.41, 5.74) is 0.748. The van der Waals surface area contributed by atoms with Gasteiger partial charge in [-0.15, -0.1) is 13.2 Å². The van der Waals surface area contributed by atoms with Crippen LogP contribution in [0.1, 0.15) is 16.1 Å². The van der Waals surface area contributed by atoms with E-state index in [9.17, 15) is 18.0 Å². The normalized spacial score (nSPS) is 11.2. The quantitative estimate of drug-likeness (QED) is 0.613. The summed E-state index contributed by atoms with van der Waals surface area (Å²) in [7, 11) is 1.26. The van der Waals surface area contributed by atoms with Gasteiger partial charge in [-0.1, -0.05) is 6.07 Å². The molecule has 0 fully saturated rings. The number of alkyl halides is 3. The molecule has 11 heteroatoms. The standard InChI is InChI=1S/C17H13F3N4O4/c1-10-13(16(25)26-2)8-23-24(10)14-7-15(22-9-21-14)27-11-4-3-5-12(6-11)28-17(18,19)20/h3-9H,1-2H3. The van der Waals surface area contributed by atoms with Crippen LogP contribution in [0, 0.1) is 6.92 Å². The number of esters is 1. The van der Waals surface area contributed by atoms with Crippen LogP contribution >= 0.6 is 0 Å². The Bertz CT molecular complexity index is 1000. The van der Waals surface area contributed by atoms with Gasteiger partial charge in [-0.25, -0.2) is 19.4 Å². The number of rotatable bonds is 5. The van der Waals surface area contributed by atoms with E-state index in [0.29, 0.717) is 11.5 Å². The molecule has 0 unspecified atom stereocenters. The molecule has 2 heterocycles. The zero-order valence-corrected chi connectivity index (χ0v) is 14.6. The van der Waals surface area contributed by atoms with Gasteiger partial charge in [0.2, 0.25) is 5.88 Å². The van der Waals surface area contributed by atoms with Crippen molar-refractivity contribution < 1.29 is 32.2 Å². The lowest BCUT2D eigenvalue weighted by molar-refractivity contribution is -0.274. The minimum atomic E-state index is -4.81. The second kappa shape index (κ2) is 7.55. The molecule has 28 heavy (non-hydrogen) atoms. The highest BCUT2D eigenvalue weighted by Crippen LogP contribution is 2.28. The van der Waals surface area contributed by atoms with Gasteiger partial charge in [-0.05, 0) is 19.1 Å². The molecule has 8 nitrogen and oxygen atoms in total. The number of ether oxygens (including phenoxy) is 3. The van der Waals surface area contributed by atoms with E-state index >= 15 is 0 Å². The third kappa shape index (κ3) is 4.37. The van der Waals surface area contributed by atoms with E-state index in [0.717, 1.165) is 12.1 Å². The molecule has 0 atom stereocenters.